The first-order valence-corrected chi connectivity index (χ1v) is 5.95. The number of ether oxygens (including phenoxy) is 2. The first kappa shape index (κ1) is 12.5. The Kier molecular flexibility index (Phi) is 3.86. The quantitative estimate of drug-likeness (QED) is 0.629. The van der Waals surface area contributed by atoms with Crippen molar-refractivity contribution in [3.8, 4) is 5.75 Å². The summed E-state index contributed by atoms with van der Waals surface area (Å²) in [5.41, 5.74) is 0. The van der Waals surface area contributed by atoms with Gasteiger partial charge >= 0.3 is 6.16 Å². The molecule has 0 heterocycles. The third-order valence-corrected chi connectivity index (χ3v) is 2.54. The van der Waals surface area contributed by atoms with Gasteiger partial charge in [0.05, 0.1) is 11.5 Å². The fourth-order valence-corrected chi connectivity index (χ4v) is 1.46. The molecule has 0 unspecified atom stereocenters. The Labute approximate surface area is 93.0 Å². The number of nitrogens with two attached hydrogens (primary N) is 1. The van der Waals surface area contributed by atoms with Gasteiger partial charge in [0, 0.05) is 0 Å². The highest BCUT2D eigenvalue weighted by atomic mass is 32.2. The van der Waals surface area contributed by atoms with Crippen LogP contribution in [0.15, 0.2) is 29.2 Å². The lowest BCUT2D eigenvalue weighted by Gasteiger charge is -2.04. The predicted molar refractivity (Wildman–Crippen MR) is 55.5 cm³/mol. The van der Waals surface area contributed by atoms with Crippen molar-refractivity contribution in [1.29, 1.82) is 0 Å². The van der Waals surface area contributed by atoms with Crippen LogP contribution in [0.1, 0.15) is 6.92 Å². The van der Waals surface area contributed by atoms with E-state index in [1.165, 1.54) is 24.3 Å². The number of hydrogen-bond donors (Lipinski definition) is 1. The van der Waals surface area contributed by atoms with E-state index in [1.807, 2.05) is 0 Å². The summed E-state index contributed by atoms with van der Waals surface area (Å²) in [6.07, 6.45) is -0.842. The van der Waals surface area contributed by atoms with Gasteiger partial charge in [-0.25, -0.2) is 18.4 Å². The molecule has 0 aliphatic heterocycles. The lowest BCUT2D eigenvalue weighted by Crippen LogP contribution is -2.12. The molecule has 0 radical (unpaired) electrons. The van der Waals surface area contributed by atoms with Crippen LogP contribution in [0, 0.1) is 0 Å². The summed E-state index contributed by atoms with van der Waals surface area (Å²) >= 11 is 0. The second-order valence-electron chi connectivity index (χ2n) is 2.80. The molecule has 2 N–H and O–H groups in total. The van der Waals surface area contributed by atoms with Gasteiger partial charge in [0.2, 0.25) is 10.0 Å². The van der Waals surface area contributed by atoms with Gasteiger partial charge in [-0.1, -0.05) is 0 Å². The van der Waals surface area contributed by atoms with E-state index < -0.39 is 16.2 Å². The summed E-state index contributed by atoms with van der Waals surface area (Å²) in [7, 11) is -3.73. The van der Waals surface area contributed by atoms with Gasteiger partial charge in [0.1, 0.15) is 5.75 Å². The smallest absolute Gasteiger partial charge is 0.434 e. The number of carbonyl (C=O) groups is 1. The molecular formula is C9H11NO5S. The number of primary sulfonamides is 1. The normalized spacial score (nSPS) is 10.9. The maximum absolute atomic E-state index is 10.9. The van der Waals surface area contributed by atoms with Gasteiger partial charge in [-0.3, -0.25) is 0 Å². The van der Waals surface area contributed by atoms with Crippen LogP contribution in [-0.2, 0) is 14.8 Å². The minimum Gasteiger partial charge on any atom is -0.434 e. The third-order valence-electron chi connectivity index (χ3n) is 1.62. The van der Waals surface area contributed by atoms with E-state index in [4.69, 9.17) is 9.88 Å². The number of rotatable bonds is 3. The van der Waals surface area contributed by atoms with Crippen molar-refractivity contribution in [1.82, 2.24) is 0 Å². The fourth-order valence-electron chi connectivity index (χ4n) is 0.941. The summed E-state index contributed by atoms with van der Waals surface area (Å²) in [6, 6.07) is 5.11. The Balaban J connectivity index is 2.76. The molecule has 1 aromatic rings. The van der Waals surface area contributed by atoms with Gasteiger partial charge in [0.25, 0.3) is 0 Å². The monoisotopic (exact) mass is 245 g/mol. The molecule has 0 atom stereocenters. The minimum atomic E-state index is -3.73. The Morgan fingerprint density at radius 3 is 2.31 bits per heavy atom. The average Bonchev–Trinajstić information content (AvgIpc) is 2.17. The largest absolute Gasteiger partial charge is 0.513 e. The van der Waals surface area contributed by atoms with Gasteiger partial charge in [0.15, 0.2) is 0 Å². The maximum atomic E-state index is 10.9. The molecule has 16 heavy (non-hydrogen) atoms. The highest BCUT2D eigenvalue weighted by Gasteiger charge is 2.09. The number of carbonyl (C=O) groups excluding carboxylic acids is 1. The first-order chi connectivity index (χ1) is 7.43. The second kappa shape index (κ2) is 4.95. The Morgan fingerprint density at radius 1 is 1.31 bits per heavy atom. The molecule has 1 rings (SSSR count). The van der Waals surface area contributed by atoms with Crippen molar-refractivity contribution in [3.05, 3.63) is 24.3 Å². The molecule has 1 aromatic carbocycles. The van der Waals surface area contributed by atoms with E-state index in [0.717, 1.165) is 0 Å². The van der Waals surface area contributed by atoms with E-state index in [0.29, 0.717) is 0 Å². The zero-order chi connectivity index (χ0) is 12.2. The molecular weight excluding hydrogens is 234 g/mol. The zero-order valence-corrected chi connectivity index (χ0v) is 9.36. The van der Waals surface area contributed by atoms with Crippen LogP contribution < -0.4 is 9.88 Å². The maximum Gasteiger partial charge on any atom is 0.513 e. The van der Waals surface area contributed by atoms with Gasteiger partial charge in [-0.05, 0) is 31.2 Å². The Morgan fingerprint density at radius 2 is 1.88 bits per heavy atom. The highest BCUT2D eigenvalue weighted by molar-refractivity contribution is 7.89. The molecule has 0 saturated carbocycles. The van der Waals surface area contributed by atoms with E-state index >= 15 is 0 Å². The Hall–Kier alpha value is -1.60. The molecule has 0 aromatic heterocycles. The summed E-state index contributed by atoms with van der Waals surface area (Å²) in [5, 5.41) is 4.90. The van der Waals surface area contributed by atoms with Crippen molar-refractivity contribution < 1.29 is 22.7 Å². The van der Waals surface area contributed by atoms with Crippen molar-refractivity contribution in [2.45, 2.75) is 11.8 Å². The summed E-state index contributed by atoms with van der Waals surface area (Å²) in [4.78, 5) is 10.9. The van der Waals surface area contributed by atoms with Crippen LogP contribution in [-0.4, -0.2) is 21.2 Å². The van der Waals surface area contributed by atoms with Crippen LogP contribution in [0.25, 0.3) is 0 Å². The minimum absolute atomic E-state index is 0.0521. The van der Waals surface area contributed by atoms with E-state index in [-0.39, 0.29) is 17.3 Å². The molecule has 0 spiro atoms. The number of benzene rings is 1. The summed E-state index contributed by atoms with van der Waals surface area (Å²) < 4.78 is 31.1. The van der Waals surface area contributed by atoms with Crippen LogP contribution in [0.4, 0.5) is 4.79 Å². The van der Waals surface area contributed by atoms with E-state index in [9.17, 15) is 13.2 Å². The fraction of sp³-hybridized carbons (Fsp3) is 0.222. The molecule has 0 bridgehead atoms. The van der Waals surface area contributed by atoms with Crippen molar-refractivity contribution in [2.75, 3.05) is 6.61 Å². The molecule has 0 amide bonds. The van der Waals surface area contributed by atoms with Crippen molar-refractivity contribution >= 4 is 16.2 Å². The molecule has 0 aliphatic rings. The molecule has 7 heteroatoms. The standard InChI is InChI=1S/C9H11NO5S/c1-2-14-9(11)15-7-3-5-8(6-4-7)16(10,12)13/h3-6H,2H2,1H3,(H2,10,12,13). The number of hydrogen-bond acceptors (Lipinski definition) is 5. The molecule has 6 nitrogen and oxygen atoms in total. The predicted octanol–water partition coefficient (Wildman–Crippen LogP) is 0.869. The molecule has 0 aliphatic carbocycles. The summed E-state index contributed by atoms with van der Waals surface area (Å²) in [5.74, 6) is 0.186. The average molecular weight is 245 g/mol. The third kappa shape index (κ3) is 3.52. The molecule has 0 saturated heterocycles. The van der Waals surface area contributed by atoms with Gasteiger partial charge < -0.3 is 9.47 Å². The topological polar surface area (TPSA) is 95.7 Å². The van der Waals surface area contributed by atoms with Crippen molar-refractivity contribution in [2.24, 2.45) is 5.14 Å². The molecule has 0 fully saturated rings. The lowest BCUT2D eigenvalue weighted by atomic mass is 10.3. The summed E-state index contributed by atoms with van der Waals surface area (Å²) in [6.45, 7) is 1.85. The number of sulfonamides is 1. The lowest BCUT2D eigenvalue weighted by molar-refractivity contribution is 0.104. The second-order valence-corrected chi connectivity index (χ2v) is 4.36. The highest BCUT2D eigenvalue weighted by Crippen LogP contribution is 2.15. The van der Waals surface area contributed by atoms with Gasteiger partial charge in [-0.15, -0.1) is 0 Å². The molecule has 88 valence electrons. The van der Waals surface area contributed by atoms with E-state index in [1.54, 1.807) is 6.92 Å². The van der Waals surface area contributed by atoms with Crippen LogP contribution in [0.5, 0.6) is 5.75 Å². The van der Waals surface area contributed by atoms with E-state index in [2.05, 4.69) is 4.74 Å². The van der Waals surface area contributed by atoms with Crippen LogP contribution >= 0.6 is 0 Å². The van der Waals surface area contributed by atoms with Gasteiger partial charge in [-0.2, -0.15) is 0 Å². The van der Waals surface area contributed by atoms with Crippen LogP contribution in [0.3, 0.4) is 0 Å². The SMILES string of the molecule is CCOC(=O)Oc1ccc(S(N)(=O)=O)cc1. The Bertz CT molecular complexity index is 465. The zero-order valence-electron chi connectivity index (χ0n) is 8.54. The van der Waals surface area contributed by atoms with Crippen LogP contribution in [0.2, 0.25) is 0 Å². The first-order valence-electron chi connectivity index (χ1n) is 4.41. The van der Waals surface area contributed by atoms with Crippen molar-refractivity contribution in [3.63, 3.8) is 0 Å².